The molecular formula is C12H14F2O3. The lowest BCUT2D eigenvalue weighted by atomic mass is 10.2. The van der Waals surface area contributed by atoms with Crippen molar-refractivity contribution in [3.63, 3.8) is 0 Å². The van der Waals surface area contributed by atoms with Gasteiger partial charge in [-0.3, -0.25) is 4.79 Å². The highest BCUT2D eigenvalue weighted by molar-refractivity contribution is 5.75. The second-order valence-corrected chi connectivity index (χ2v) is 3.56. The Hall–Kier alpha value is -1.49. The second kappa shape index (κ2) is 6.96. The summed E-state index contributed by atoms with van der Waals surface area (Å²) < 4.78 is 31.6. The highest BCUT2D eigenvalue weighted by Crippen LogP contribution is 2.23. The molecule has 0 amide bonds. The number of carbonyl (C=O) groups is 1. The Bertz CT molecular complexity index is 357. The van der Waals surface area contributed by atoms with E-state index in [9.17, 15) is 13.6 Å². The average Bonchev–Trinajstić information content (AvgIpc) is 2.31. The number of ether oxygens (including phenoxy) is 1. The van der Waals surface area contributed by atoms with Gasteiger partial charge in [-0.25, -0.2) is 8.78 Å². The molecule has 1 N–H and O–H groups in total. The Kier molecular flexibility index (Phi) is 5.56. The van der Waals surface area contributed by atoms with E-state index >= 15 is 0 Å². The average molecular weight is 244 g/mol. The molecule has 0 radical (unpaired) electrons. The molecule has 0 atom stereocenters. The maximum atomic E-state index is 13.3. The molecule has 0 unspecified atom stereocenters. The minimum absolute atomic E-state index is 0.0624. The molecule has 0 aliphatic heterocycles. The van der Waals surface area contributed by atoms with Gasteiger partial charge in [0, 0.05) is 12.2 Å². The van der Waals surface area contributed by atoms with E-state index in [4.69, 9.17) is 9.84 Å². The molecule has 0 aliphatic carbocycles. The number of halogens is 2. The van der Waals surface area contributed by atoms with Crippen LogP contribution in [0.1, 0.15) is 29.6 Å². The summed E-state index contributed by atoms with van der Waals surface area (Å²) in [5.74, 6) is -2.22. The predicted molar refractivity (Wildman–Crippen MR) is 58.2 cm³/mol. The zero-order valence-electron chi connectivity index (χ0n) is 9.29. The number of hydrogen-bond donors (Lipinski definition) is 1. The fraction of sp³-hybridized carbons (Fsp3) is 0.417. The zero-order valence-corrected chi connectivity index (χ0v) is 9.29. The summed E-state index contributed by atoms with van der Waals surface area (Å²) in [7, 11) is 0. The van der Waals surface area contributed by atoms with Crippen molar-refractivity contribution in [2.45, 2.75) is 19.3 Å². The molecule has 94 valence electrons. The summed E-state index contributed by atoms with van der Waals surface area (Å²) in [6.07, 6.45) is 2.34. The molecule has 1 aromatic carbocycles. The van der Waals surface area contributed by atoms with Crippen LogP contribution in [0.15, 0.2) is 12.1 Å². The SMILES string of the molecule is O=Cc1cc(F)c(OCCCCCO)c(F)c1. The lowest BCUT2D eigenvalue weighted by Gasteiger charge is -2.08. The molecule has 3 nitrogen and oxygen atoms in total. The minimum atomic E-state index is -0.880. The Morgan fingerprint density at radius 2 is 1.82 bits per heavy atom. The summed E-state index contributed by atoms with van der Waals surface area (Å²) in [4.78, 5) is 10.4. The number of aliphatic hydroxyl groups excluding tert-OH is 1. The van der Waals surface area contributed by atoms with E-state index in [-0.39, 0.29) is 18.8 Å². The Labute approximate surface area is 98.0 Å². The van der Waals surface area contributed by atoms with Crippen molar-refractivity contribution >= 4 is 6.29 Å². The summed E-state index contributed by atoms with van der Waals surface area (Å²) in [6, 6.07) is 1.86. The molecule has 17 heavy (non-hydrogen) atoms. The van der Waals surface area contributed by atoms with Crippen LogP contribution in [-0.4, -0.2) is 24.6 Å². The molecule has 0 aliphatic rings. The van der Waals surface area contributed by atoms with Crippen molar-refractivity contribution in [3.8, 4) is 5.75 Å². The topological polar surface area (TPSA) is 46.5 Å². The number of benzene rings is 1. The van der Waals surface area contributed by atoms with E-state index in [1.165, 1.54) is 0 Å². The molecule has 0 fully saturated rings. The summed E-state index contributed by atoms with van der Waals surface area (Å²) in [6.45, 7) is 0.269. The fourth-order valence-corrected chi connectivity index (χ4v) is 1.35. The predicted octanol–water partition coefficient (Wildman–Crippen LogP) is 2.32. The van der Waals surface area contributed by atoms with Gasteiger partial charge in [-0.05, 0) is 31.4 Å². The van der Waals surface area contributed by atoms with Gasteiger partial charge in [0.05, 0.1) is 6.61 Å². The number of hydrogen-bond acceptors (Lipinski definition) is 3. The lowest BCUT2D eigenvalue weighted by Crippen LogP contribution is -2.03. The van der Waals surface area contributed by atoms with E-state index in [2.05, 4.69) is 0 Å². The Balaban J connectivity index is 2.56. The van der Waals surface area contributed by atoms with Crippen molar-refractivity contribution in [1.82, 2.24) is 0 Å². The third-order valence-corrected chi connectivity index (χ3v) is 2.21. The maximum absolute atomic E-state index is 13.3. The number of aldehydes is 1. The van der Waals surface area contributed by atoms with Crippen molar-refractivity contribution in [1.29, 1.82) is 0 Å². The minimum Gasteiger partial charge on any atom is -0.488 e. The van der Waals surface area contributed by atoms with Gasteiger partial charge in [-0.2, -0.15) is 0 Å². The van der Waals surface area contributed by atoms with Crippen molar-refractivity contribution in [2.75, 3.05) is 13.2 Å². The first-order valence-corrected chi connectivity index (χ1v) is 5.37. The molecule has 0 bridgehead atoms. The first kappa shape index (κ1) is 13.6. The quantitative estimate of drug-likeness (QED) is 0.591. The number of unbranched alkanes of at least 4 members (excludes halogenated alkanes) is 2. The van der Waals surface area contributed by atoms with Gasteiger partial charge in [0.25, 0.3) is 0 Å². The molecule has 1 rings (SSSR count). The third-order valence-electron chi connectivity index (χ3n) is 2.21. The summed E-state index contributed by atoms with van der Waals surface area (Å²) in [5.41, 5.74) is -0.0624. The van der Waals surface area contributed by atoms with Gasteiger partial charge < -0.3 is 9.84 Å². The van der Waals surface area contributed by atoms with Gasteiger partial charge in [-0.1, -0.05) is 0 Å². The molecule has 0 aromatic heterocycles. The number of aliphatic hydroxyl groups is 1. The molecule has 5 heteroatoms. The largest absolute Gasteiger partial charge is 0.488 e. The normalized spacial score (nSPS) is 10.3. The van der Waals surface area contributed by atoms with Crippen LogP contribution in [0.5, 0.6) is 5.75 Å². The van der Waals surface area contributed by atoms with E-state index in [1.807, 2.05) is 0 Å². The van der Waals surface area contributed by atoms with E-state index < -0.39 is 17.4 Å². The lowest BCUT2D eigenvalue weighted by molar-refractivity contribution is 0.112. The zero-order chi connectivity index (χ0) is 12.7. The standard InChI is InChI=1S/C12H14F2O3/c13-10-6-9(8-16)7-11(14)12(10)17-5-3-1-2-4-15/h6-8,15H,1-5H2. The van der Waals surface area contributed by atoms with Crippen LogP contribution in [0.3, 0.4) is 0 Å². The second-order valence-electron chi connectivity index (χ2n) is 3.56. The van der Waals surface area contributed by atoms with Crippen LogP contribution in [0.25, 0.3) is 0 Å². The highest BCUT2D eigenvalue weighted by atomic mass is 19.1. The molecule has 0 saturated carbocycles. The van der Waals surface area contributed by atoms with Crippen molar-refractivity contribution < 1.29 is 23.4 Å². The molecule has 1 aromatic rings. The first-order chi connectivity index (χ1) is 8.19. The van der Waals surface area contributed by atoms with Crippen LogP contribution in [0.4, 0.5) is 8.78 Å². The number of rotatable bonds is 7. The molecular weight excluding hydrogens is 230 g/mol. The fourth-order valence-electron chi connectivity index (χ4n) is 1.35. The van der Waals surface area contributed by atoms with Crippen molar-refractivity contribution in [2.24, 2.45) is 0 Å². The van der Waals surface area contributed by atoms with E-state index in [0.717, 1.165) is 18.6 Å². The monoisotopic (exact) mass is 244 g/mol. The van der Waals surface area contributed by atoms with Gasteiger partial charge >= 0.3 is 0 Å². The van der Waals surface area contributed by atoms with Gasteiger partial charge in [0.15, 0.2) is 17.4 Å². The van der Waals surface area contributed by atoms with Crippen LogP contribution in [0.2, 0.25) is 0 Å². The van der Waals surface area contributed by atoms with E-state index in [1.54, 1.807) is 0 Å². The van der Waals surface area contributed by atoms with E-state index in [0.29, 0.717) is 19.1 Å². The maximum Gasteiger partial charge on any atom is 0.190 e. The Morgan fingerprint density at radius 1 is 1.18 bits per heavy atom. The van der Waals surface area contributed by atoms with Gasteiger partial charge in [0.1, 0.15) is 6.29 Å². The van der Waals surface area contributed by atoms with Crippen LogP contribution < -0.4 is 4.74 Å². The first-order valence-electron chi connectivity index (χ1n) is 5.37. The summed E-state index contributed by atoms with van der Waals surface area (Å²) >= 11 is 0. The van der Waals surface area contributed by atoms with Crippen LogP contribution in [-0.2, 0) is 0 Å². The Morgan fingerprint density at radius 3 is 2.35 bits per heavy atom. The molecule has 0 heterocycles. The van der Waals surface area contributed by atoms with Crippen molar-refractivity contribution in [3.05, 3.63) is 29.3 Å². The van der Waals surface area contributed by atoms with Gasteiger partial charge in [-0.15, -0.1) is 0 Å². The summed E-state index contributed by atoms with van der Waals surface area (Å²) in [5, 5.41) is 8.53. The van der Waals surface area contributed by atoms with Crippen LogP contribution >= 0.6 is 0 Å². The van der Waals surface area contributed by atoms with Gasteiger partial charge in [0.2, 0.25) is 0 Å². The smallest absolute Gasteiger partial charge is 0.190 e. The molecule has 0 spiro atoms. The molecule has 0 saturated heterocycles. The third kappa shape index (κ3) is 4.11. The number of carbonyl (C=O) groups excluding carboxylic acids is 1. The van der Waals surface area contributed by atoms with Crippen LogP contribution in [0, 0.1) is 11.6 Å². The highest BCUT2D eigenvalue weighted by Gasteiger charge is 2.12.